The molecule has 1 saturated heterocycles. The number of aromatic hydroxyl groups is 1. The largest absolute Gasteiger partial charge is 0.508 e. The molecule has 108 valence electrons. The predicted molar refractivity (Wildman–Crippen MR) is 77.6 cm³/mol. The molecule has 2 amide bonds. The Kier molecular flexibility index (Phi) is 3.36. The summed E-state index contributed by atoms with van der Waals surface area (Å²) in [7, 11) is 0. The highest BCUT2D eigenvalue weighted by Gasteiger charge is 2.50. The lowest BCUT2D eigenvalue weighted by atomic mass is 9.78. The molecule has 1 aromatic rings. The molecule has 4 heteroatoms. The number of anilines is 1. The van der Waals surface area contributed by atoms with Gasteiger partial charge in [-0.2, -0.15) is 0 Å². The average Bonchev–Trinajstić information content (AvgIpc) is 2.57. The Hall–Kier alpha value is -1.84. The maximum absolute atomic E-state index is 12.7. The fourth-order valence-corrected chi connectivity index (χ4v) is 2.56. The highest BCUT2D eigenvalue weighted by atomic mass is 16.3. The number of hydrogen-bond acceptors (Lipinski definition) is 3. The quantitative estimate of drug-likeness (QED) is 0.844. The Morgan fingerprint density at radius 2 is 1.80 bits per heavy atom. The van der Waals surface area contributed by atoms with Crippen molar-refractivity contribution in [2.45, 2.75) is 41.0 Å². The van der Waals surface area contributed by atoms with Crippen LogP contribution in [0.5, 0.6) is 5.75 Å². The molecule has 0 bridgehead atoms. The van der Waals surface area contributed by atoms with E-state index in [-0.39, 0.29) is 29.9 Å². The fraction of sp³-hybridized carbons (Fsp3) is 0.500. The first-order valence-corrected chi connectivity index (χ1v) is 6.86. The summed E-state index contributed by atoms with van der Waals surface area (Å²) in [6, 6.07) is 3.29. The van der Waals surface area contributed by atoms with Gasteiger partial charge in [-0.1, -0.05) is 13.8 Å². The van der Waals surface area contributed by atoms with Gasteiger partial charge in [-0.3, -0.25) is 9.59 Å². The third-order valence-electron chi connectivity index (χ3n) is 4.49. The van der Waals surface area contributed by atoms with Crippen LogP contribution in [0.25, 0.3) is 0 Å². The first-order chi connectivity index (χ1) is 9.18. The minimum Gasteiger partial charge on any atom is -0.508 e. The molecule has 0 radical (unpaired) electrons. The molecule has 1 heterocycles. The summed E-state index contributed by atoms with van der Waals surface area (Å²) in [6.07, 6.45) is 0.239. The van der Waals surface area contributed by atoms with E-state index in [0.717, 1.165) is 5.56 Å². The van der Waals surface area contributed by atoms with E-state index in [1.807, 2.05) is 20.8 Å². The number of rotatable bonds is 2. The lowest BCUT2D eigenvalue weighted by Crippen LogP contribution is -2.37. The van der Waals surface area contributed by atoms with Crippen LogP contribution in [0, 0.1) is 25.2 Å². The average molecular weight is 275 g/mol. The molecule has 1 atom stereocenters. The number of imide groups is 1. The number of phenols is 1. The molecule has 20 heavy (non-hydrogen) atoms. The van der Waals surface area contributed by atoms with E-state index in [1.54, 1.807) is 26.0 Å². The minimum absolute atomic E-state index is 0.0995. The minimum atomic E-state index is -0.644. The summed E-state index contributed by atoms with van der Waals surface area (Å²) in [5.41, 5.74) is 1.32. The summed E-state index contributed by atoms with van der Waals surface area (Å²) < 4.78 is 0. The first kappa shape index (κ1) is 14.6. The first-order valence-electron chi connectivity index (χ1n) is 6.86. The Bertz CT molecular complexity index is 592. The van der Waals surface area contributed by atoms with E-state index in [1.165, 1.54) is 4.90 Å². The maximum Gasteiger partial charge on any atom is 0.240 e. The Morgan fingerprint density at radius 1 is 1.20 bits per heavy atom. The number of carbonyl (C=O) groups is 2. The zero-order chi connectivity index (χ0) is 15.2. The van der Waals surface area contributed by atoms with Gasteiger partial charge in [-0.05, 0) is 49.9 Å². The fourth-order valence-electron chi connectivity index (χ4n) is 2.56. The summed E-state index contributed by atoms with van der Waals surface area (Å²) in [6.45, 7) is 9.32. The highest BCUT2D eigenvalue weighted by molar-refractivity contribution is 6.22. The van der Waals surface area contributed by atoms with E-state index >= 15 is 0 Å². The summed E-state index contributed by atoms with van der Waals surface area (Å²) in [5.74, 6) is -0.0375. The highest BCUT2D eigenvalue weighted by Crippen LogP contribution is 2.42. The summed E-state index contributed by atoms with van der Waals surface area (Å²) >= 11 is 0. The van der Waals surface area contributed by atoms with Gasteiger partial charge in [0.25, 0.3) is 0 Å². The molecule has 0 saturated carbocycles. The number of phenolic OH excluding ortho intramolecular Hbond substituents is 1. The molecular weight excluding hydrogens is 254 g/mol. The number of nitrogens with zero attached hydrogens (tertiary/aromatic N) is 1. The van der Waals surface area contributed by atoms with Crippen LogP contribution in [0.3, 0.4) is 0 Å². The van der Waals surface area contributed by atoms with E-state index in [9.17, 15) is 14.7 Å². The van der Waals surface area contributed by atoms with Crippen molar-refractivity contribution < 1.29 is 14.7 Å². The molecule has 2 rings (SSSR count). The van der Waals surface area contributed by atoms with Crippen molar-refractivity contribution in [3.05, 3.63) is 23.3 Å². The zero-order valence-corrected chi connectivity index (χ0v) is 12.7. The molecule has 1 aromatic carbocycles. The van der Waals surface area contributed by atoms with Crippen LogP contribution in [0.1, 0.15) is 38.3 Å². The van der Waals surface area contributed by atoms with Crippen molar-refractivity contribution in [3.8, 4) is 5.75 Å². The van der Waals surface area contributed by atoms with Crippen LogP contribution >= 0.6 is 0 Å². The molecule has 1 N–H and O–H groups in total. The monoisotopic (exact) mass is 275 g/mol. The van der Waals surface area contributed by atoms with Gasteiger partial charge >= 0.3 is 0 Å². The van der Waals surface area contributed by atoms with Gasteiger partial charge in [0.2, 0.25) is 11.8 Å². The van der Waals surface area contributed by atoms with Gasteiger partial charge in [0.15, 0.2) is 0 Å². The van der Waals surface area contributed by atoms with Gasteiger partial charge in [-0.25, -0.2) is 4.90 Å². The van der Waals surface area contributed by atoms with Crippen molar-refractivity contribution in [1.82, 2.24) is 0 Å². The summed E-state index contributed by atoms with van der Waals surface area (Å²) in [5, 5.41) is 9.70. The number of hydrogen-bond donors (Lipinski definition) is 1. The number of benzene rings is 1. The second-order valence-electron chi connectivity index (χ2n) is 6.21. The van der Waals surface area contributed by atoms with Crippen LogP contribution in [-0.2, 0) is 9.59 Å². The Labute approximate surface area is 119 Å². The Balaban J connectivity index is 2.52. The van der Waals surface area contributed by atoms with Crippen molar-refractivity contribution in [2.75, 3.05) is 4.90 Å². The smallest absolute Gasteiger partial charge is 0.240 e. The second kappa shape index (κ2) is 4.62. The van der Waals surface area contributed by atoms with Gasteiger partial charge in [0.05, 0.1) is 11.1 Å². The van der Waals surface area contributed by atoms with Gasteiger partial charge < -0.3 is 5.11 Å². The third kappa shape index (κ3) is 1.99. The molecule has 1 aliphatic heterocycles. The Morgan fingerprint density at radius 3 is 2.30 bits per heavy atom. The van der Waals surface area contributed by atoms with Crippen LogP contribution in [0.15, 0.2) is 12.1 Å². The van der Waals surface area contributed by atoms with Gasteiger partial charge in [0, 0.05) is 6.42 Å². The number of amides is 2. The topological polar surface area (TPSA) is 57.6 Å². The van der Waals surface area contributed by atoms with Crippen LogP contribution < -0.4 is 4.90 Å². The summed E-state index contributed by atoms with van der Waals surface area (Å²) in [4.78, 5) is 26.2. The molecule has 0 aromatic heterocycles. The second-order valence-corrected chi connectivity index (χ2v) is 6.21. The van der Waals surface area contributed by atoms with E-state index in [0.29, 0.717) is 11.3 Å². The lowest BCUT2D eigenvalue weighted by molar-refractivity contribution is -0.126. The van der Waals surface area contributed by atoms with Crippen molar-refractivity contribution in [1.29, 1.82) is 0 Å². The molecule has 0 aliphatic carbocycles. The predicted octanol–water partition coefficient (Wildman–Crippen LogP) is 2.93. The van der Waals surface area contributed by atoms with Gasteiger partial charge in [-0.15, -0.1) is 0 Å². The maximum atomic E-state index is 12.7. The van der Waals surface area contributed by atoms with Crippen molar-refractivity contribution in [2.24, 2.45) is 11.3 Å². The van der Waals surface area contributed by atoms with Crippen molar-refractivity contribution >= 4 is 17.5 Å². The number of aryl methyl sites for hydroxylation is 2. The molecule has 1 fully saturated rings. The normalized spacial score (nSPS) is 23.0. The van der Waals surface area contributed by atoms with E-state index in [4.69, 9.17) is 0 Å². The molecule has 1 aliphatic rings. The van der Waals surface area contributed by atoms with Crippen LogP contribution in [0.4, 0.5) is 5.69 Å². The standard InChI is InChI=1S/C16H21NO3/c1-9(2)16(5)8-14(19)17(15(16)20)12-6-11(4)13(18)7-10(12)3/h6-7,9,18H,8H2,1-5H3. The van der Waals surface area contributed by atoms with E-state index < -0.39 is 5.41 Å². The van der Waals surface area contributed by atoms with Crippen LogP contribution in [-0.4, -0.2) is 16.9 Å². The molecule has 0 spiro atoms. The zero-order valence-electron chi connectivity index (χ0n) is 12.7. The molecule has 1 unspecified atom stereocenters. The van der Waals surface area contributed by atoms with Crippen LogP contribution in [0.2, 0.25) is 0 Å². The van der Waals surface area contributed by atoms with Crippen molar-refractivity contribution in [3.63, 3.8) is 0 Å². The molecular formula is C16H21NO3. The third-order valence-corrected chi connectivity index (χ3v) is 4.49. The molecule has 4 nitrogen and oxygen atoms in total. The SMILES string of the molecule is Cc1cc(N2C(=O)CC(C)(C(C)C)C2=O)c(C)cc1O. The van der Waals surface area contributed by atoms with E-state index in [2.05, 4.69) is 0 Å². The number of carbonyl (C=O) groups excluding carboxylic acids is 2. The van der Waals surface area contributed by atoms with Gasteiger partial charge in [0.1, 0.15) is 5.75 Å². The lowest BCUT2D eigenvalue weighted by Gasteiger charge is -2.26.